The van der Waals surface area contributed by atoms with Crippen LogP contribution < -0.4 is 5.32 Å². The van der Waals surface area contributed by atoms with Crippen LogP contribution in [0.4, 0.5) is 0 Å². The minimum absolute atomic E-state index is 0.107. The molecule has 1 aliphatic heterocycles. The van der Waals surface area contributed by atoms with Crippen molar-refractivity contribution < 1.29 is 14.3 Å². The molecular formula is C14H26N2O3. The molecule has 1 saturated carbocycles. The summed E-state index contributed by atoms with van der Waals surface area (Å²) >= 11 is 0. The molecule has 0 aromatic heterocycles. The summed E-state index contributed by atoms with van der Waals surface area (Å²) in [5, 5.41) is 3.40. The molecule has 0 aromatic rings. The number of likely N-dealkylation sites (tertiary alicyclic amines) is 1. The van der Waals surface area contributed by atoms with Crippen LogP contribution in [0.2, 0.25) is 0 Å². The van der Waals surface area contributed by atoms with Gasteiger partial charge in [0.05, 0.1) is 13.2 Å². The molecule has 0 radical (unpaired) electrons. The highest BCUT2D eigenvalue weighted by Gasteiger charge is 2.32. The summed E-state index contributed by atoms with van der Waals surface area (Å²) in [6.07, 6.45) is 3.53. The Hall–Kier alpha value is -0.650. The predicted octanol–water partition coefficient (Wildman–Crippen LogP) is 0.638. The van der Waals surface area contributed by atoms with Crippen LogP contribution in [0.5, 0.6) is 0 Å². The Bertz CT molecular complexity index is 294. The molecule has 1 aliphatic carbocycles. The van der Waals surface area contributed by atoms with Crippen molar-refractivity contribution in [2.75, 3.05) is 40.0 Å². The average molecular weight is 270 g/mol. The van der Waals surface area contributed by atoms with Crippen molar-refractivity contribution in [2.45, 2.75) is 38.3 Å². The van der Waals surface area contributed by atoms with Crippen LogP contribution in [0.15, 0.2) is 0 Å². The highest BCUT2D eigenvalue weighted by atomic mass is 16.5. The van der Waals surface area contributed by atoms with Crippen LogP contribution in [-0.2, 0) is 14.3 Å². The first-order chi connectivity index (χ1) is 9.22. The van der Waals surface area contributed by atoms with E-state index in [9.17, 15) is 4.79 Å². The van der Waals surface area contributed by atoms with Crippen molar-refractivity contribution in [1.82, 2.24) is 10.2 Å². The van der Waals surface area contributed by atoms with Crippen LogP contribution in [0.25, 0.3) is 0 Å². The first-order valence-corrected chi connectivity index (χ1v) is 7.37. The van der Waals surface area contributed by atoms with Crippen LogP contribution in [-0.4, -0.2) is 62.9 Å². The summed E-state index contributed by atoms with van der Waals surface area (Å²) in [5.41, 5.74) is 0. The Morgan fingerprint density at radius 1 is 1.42 bits per heavy atom. The SMILES string of the molecule is CCOC(=O)C(CN1CCC(COC)C1)NC1CC1. The Labute approximate surface area is 115 Å². The van der Waals surface area contributed by atoms with E-state index in [2.05, 4.69) is 10.2 Å². The van der Waals surface area contributed by atoms with Gasteiger partial charge in [-0.3, -0.25) is 4.79 Å². The number of carbonyl (C=O) groups excluding carboxylic acids is 1. The van der Waals surface area contributed by atoms with Gasteiger partial charge in [-0.15, -0.1) is 0 Å². The molecule has 2 unspecified atom stereocenters. The van der Waals surface area contributed by atoms with E-state index in [-0.39, 0.29) is 12.0 Å². The fourth-order valence-corrected chi connectivity index (χ4v) is 2.68. The van der Waals surface area contributed by atoms with Crippen LogP contribution in [0, 0.1) is 5.92 Å². The molecular weight excluding hydrogens is 244 g/mol. The fraction of sp³-hybridized carbons (Fsp3) is 0.929. The number of hydrogen-bond donors (Lipinski definition) is 1. The first-order valence-electron chi connectivity index (χ1n) is 7.37. The molecule has 2 rings (SSSR count). The van der Waals surface area contributed by atoms with Gasteiger partial charge in [-0.05, 0) is 38.6 Å². The maximum absolute atomic E-state index is 12.0. The molecule has 2 aliphatic rings. The van der Waals surface area contributed by atoms with Crippen LogP contribution in [0.3, 0.4) is 0 Å². The van der Waals surface area contributed by atoms with Crippen molar-refractivity contribution in [2.24, 2.45) is 5.92 Å². The molecule has 1 N–H and O–H groups in total. The first kappa shape index (κ1) is 14.8. The number of nitrogens with zero attached hydrogens (tertiary/aromatic N) is 1. The molecule has 0 aromatic carbocycles. The summed E-state index contributed by atoms with van der Waals surface area (Å²) in [4.78, 5) is 14.3. The number of esters is 1. The standard InChI is InChI=1S/C14H26N2O3/c1-3-19-14(17)13(15-12-4-5-12)9-16-7-6-11(8-16)10-18-2/h11-13,15H,3-10H2,1-2H3. The quantitative estimate of drug-likeness (QED) is 0.656. The average Bonchev–Trinajstić information content (AvgIpc) is 3.09. The summed E-state index contributed by atoms with van der Waals surface area (Å²) in [6, 6.07) is 0.348. The minimum atomic E-state index is -0.172. The zero-order valence-electron chi connectivity index (χ0n) is 12.1. The number of hydrogen-bond acceptors (Lipinski definition) is 5. The largest absolute Gasteiger partial charge is 0.465 e. The van der Waals surface area contributed by atoms with Crippen molar-refractivity contribution >= 4 is 5.97 Å². The van der Waals surface area contributed by atoms with Crippen molar-refractivity contribution in [3.8, 4) is 0 Å². The third-order valence-electron chi connectivity index (χ3n) is 3.80. The van der Waals surface area contributed by atoms with E-state index in [1.54, 1.807) is 7.11 Å². The number of ether oxygens (including phenoxy) is 2. The molecule has 5 nitrogen and oxygen atoms in total. The second kappa shape index (κ2) is 7.22. The van der Waals surface area contributed by atoms with Gasteiger partial charge in [0, 0.05) is 26.2 Å². The van der Waals surface area contributed by atoms with Gasteiger partial charge in [-0.25, -0.2) is 0 Å². The summed E-state index contributed by atoms with van der Waals surface area (Å²) in [5.74, 6) is 0.498. The highest BCUT2D eigenvalue weighted by molar-refractivity contribution is 5.76. The van der Waals surface area contributed by atoms with Crippen molar-refractivity contribution in [3.05, 3.63) is 0 Å². The van der Waals surface area contributed by atoms with Crippen molar-refractivity contribution in [3.63, 3.8) is 0 Å². The van der Waals surface area contributed by atoms with E-state index in [0.717, 1.165) is 32.7 Å². The monoisotopic (exact) mass is 270 g/mol. The maximum Gasteiger partial charge on any atom is 0.324 e. The summed E-state index contributed by atoms with van der Waals surface area (Å²) < 4.78 is 10.4. The molecule has 19 heavy (non-hydrogen) atoms. The zero-order valence-corrected chi connectivity index (χ0v) is 12.1. The number of nitrogens with one attached hydrogen (secondary N) is 1. The Kier molecular flexibility index (Phi) is 5.60. The van der Waals surface area contributed by atoms with Gasteiger partial charge in [0.2, 0.25) is 0 Å². The number of methoxy groups -OCH3 is 1. The van der Waals surface area contributed by atoms with E-state index >= 15 is 0 Å². The lowest BCUT2D eigenvalue weighted by Gasteiger charge is -2.23. The molecule has 0 bridgehead atoms. The van der Waals surface area contributed by atoms with Gasteiger partial charge in [0.1, 0.15) is 6.04 Å². The Morgan fingerprint density at radius 2 is 2.21 bits per heavy atom. The molecule has 1 heterocycles. The van der Waals surface area contributed by atoms with E-state index in [4.69, 9.17) is 9.47 Å². The lowest BCUT2D eigenvalue weighted by molar-refractivity contribution is -0.146. The zero-order chi connectivity index (χ0) is 13.7. The van der Waals surface area contributed by atoms with Gasteiger partial charge < -0.3 is 19.7 Å². The number of rotatable bonds is 8. The predicted molar refractivity (Wildman–Crippen MR) is 73.0 cm³/mol. The Morgan fingerprint density at radius 3 is 2.84 bits per heavy atom. The minimum Gasteiger partial charge on any atom is -0.465 e. The van der Waals surface area contributed by atoms with Crippen LogP contribution >= 0.6 is 0 Å². The second-order valence-electron chi connectivity index (χ2n) is 5.62. The molecule has 2 atom stereocenters. The smallest absolute Gasteiger partial charge is 0.324 e. The third-order valence-corrected chi connectivity index (χ3v) is 3.80. The molecule has 0 spiro atoms. The molecule has 0 amide bonds. The summed E-state index contributed by atoms with van der Waals surface area (Å²) in [7, 11) is 1.75. The third kappa shape index (κ3) is 4.75. The van der Waals surface area contributed by atoms with Crippen LogP contribution in [0.1, 0.15) is 26.2 Å². The second-order valence-corrected chi connectivity index (χ2v) is 5.62. The lowest BCUT2D eigenvalue weighted by Crippen LogP contribution is -2.47. The topological polar surface area (TPSA) is 50.8 Å². The highest BCUT2D eigenvalue weighted by Crippen LogP contribution is 2.21. The van der Waals surface area contributed by atoms with E-state index in [0.29, 0.717) is 18.6 Å². The number of carbonyl (C=O) groups is 1. The fourth-order valence-electron chi connectivity index (χ4n) is 2.68. The van der Waals surface area contributed by atoms with E-state index in [1.165, 1.54) is 12.8 Å². The Balaban J connectivity index is 1.79. The van der Waals surface area contributed by atoms with Gasteiger partial charge in [0.25, 0.3) is 0 Å². The molecule has 2 fully saturated rings. The summed E-state index contributed by atoms with van der Waals surface area (Å²) in [6.45, 7) is 5.96. The van der Waals surface area contributed by atoms with Gasteiger partial charge >= 0.3 is 5.97 Å². The normalized spacial score (nSPS) is 25.5. The molecule has 1 saturated heterocycles. The lowest BCUT2D eigenvalue weighted by atomic mass is 10.1. The maximum atomic E-state index is 12.0. The van der Waals surface area contributed by atoms with Gasteiger partial charge in [-0.1, -0.05) is 0 Å². The van der Waals surface area contributed by atoms with Gasteiger partial charge in [0.15, 0.2) is 0 Å². The molecule has 5 heteroatoms. The van der Waals surface area contributed by atoms with E-state index in [1.807, 2.05) is 6.92 Å². The molecule has 110 valence electrons. The van der Waals surface area contributed by atoms with E-state index < -0.39 is 0 Å². The van der Waals surface area contributed by atoms with Gasteiger partial charge in [-0.2, -0.15) is 0 Å². The van der Waals surface area contributed by atoms with Crippen molar-refractivity contribution in [1.29, 1.82) is 0 Å².